The van der Waals surface area contributed by atoms with Gasteiger partial charge in [0.2, 0.25) is 0 Å². The van der Waals surface area contributed by atoms with Crippen LogP contribution in [0.2, 0.25) is 0 Å². The van der Waals surface area contributed by atoms with Gasteiger partial charge in [-0.05, 0) is 108 Å². The molecule has 0 atom stereocenters. The Hall–Kier alpha value is -6.36. The van der Waals surface area contributed by atoms with E-state index in [1.165, 1.54) is 22.3 Å². The fourth-order valence-electron chi connectivity index (χ4n) is 6.17. The van der Waals surface area contributed by atoms with Crippen molar-refractivity contribution in [3.05, 3.63) is 185 Å². The van der Waals surface area contributed by atoms with Crippen LogP contribution in [-0.2, 0) is 6.42 Å². The molecule has 0 fully saturated rings. The molecule has 2 aliphatic rings. The molecule has 7 rings (SSSR count). The molecule has 5 aromatic carbocycles. The van der Waals surface area contributed by atoms with Crippen molar-refractivity contribution >= 4 is 40.6 Å². The smallest absolute Gasteiger partial charge is 0.0991 e. The maximum atomic E-state index is 9.45. The van der Waals surface area contributed by atoms with Gasteiger partial charge in [0.1, 0.15) is 0 Å². The molecule has 5 aromatic rings. The Morgan fingerprint density at radius 2 is 1.04 bits per heavy atom. The second kappa shape index (κ2) is 12.7. The number of allylic oxidation sites excluding steroid dienone is 5. The van der Waals surface area contributed by atoms with Crippen molar-refractivity contribution in [3.63, 3.8) is 0 Å². The summed E-state index contributed by atoms with van der Waals surface area (Å²) in [6, 6.07) is 45.3. The fraction of sp³-hybridized carbons (Fsp3) is 0.0476. The monoisotopic (exact) mass is 590 g/mol. The van der Waals surface area contributed by atoms with Gasteiger partial charge in [0.25, 0.3) is 0 Å². The van der Waals surface area contributed by atoms with Crippen LogP contribution in [-0.4, -0.2) is 0 Å². The Kier molecular flexibility index (Phi) is 7.85. The molecule has 0 N–H and O–H groups in total. The molecule has 0 radical (unpaired) electrons. The van der Waals surface area contributed by atoms with Crippen molar-refractivity contribution in [2.45, 2.75) is 12.8 Å². The average Bonchev–Trinajstić information content (AvgIpc) is 3.12. The molecule has 0 heterocycles. The Bertz CT molecular complexity index is 2090. The minimum absolute atomic E-state index is 0.633. The van der Waals surface area contributed by atoms with Gasteiger partial charge in [-0.1, -0.05) is 72.8 Å². The molecule has 0 saturated carbocycles. The van der Waals surface area contributed by atoms with Crippen LogP contribution in [0.15, 0.2) is 157 Å². The highest BCUT2D eigenvalue weighted by atomic mass is 15.2. The van der Waals surface area contributed by atoms with Crippen LogP contribution in [0.3, 0.4) is 0 Å². The van der Waals surface area contributed by atoms with Crippen LogP contribution in [0.5, 0.6) is 0 Å². The number of nitriles is 2. The molecule has 0 saturated heterocycles. The van der Waals surface area contributed by atoms with Gasteiger partial charge in [0.05, 0.1) is 29.0 Å². The first kappa shape index (κ1) is 28.4. The molecule has 218 valence electrons. The lowest BCUT2D eigenvalue weighted by atomic mass is 9.86. The first-order chi connectivity index (χ1) is 22.7. The Morgan fingerprint density at radius 1 is 0.500 bits per heavy atom. The lowest BCUT2D eigenvalue weighted by Gasteiger charge is -2.32. The van der Waals surface area contributed by atoms with Crippen LogP contribution in [0, 0.1) is 22.7 Å². The third-order valence-corrected chi connectivity index (χ3v) is 8.38. The van der Waals surface area contributed by atoms with Crippen molar-refractivity contribution in [2.24, 2.45) is 0 Å². The minimum Gasteiger partial charge on any atom is -0.310 e. The van der Waals surface area contributed by atoms with Gasteiger partial charge in [0, 0.05) is 40.4 Å². The van der Waals surface area contributed by atoms with Crippen molar-refractivity contribution in [1.82, 2.24) is 0 Å². The highest BCUT2D eigenvalue weighted by Crippen LogP contribution is 2.43. The SMILES string of the molecule is N#Cc1ccc(N(C2=C3C=Cc4ccc(N(c5ccccc5)c5ccc(C#N)cc5)c(c4C3)/C=C\CC=C2)c2ccccc2)cc1. The molecule has 0 amide bonds. The van der Waals surface area contributed by atoms with Crippen LogP contribution in [0.25, 0.3) is 12.2 Å². The number of hydrogen-bond acceptors (Lipinski definition) is 4. The first-order valence-corrected chi connectivity index (χ1v) is 15.3. The summed E-state index contributed by atoms with van der Waals surface area (Å²) in [5, 5.41) is 18.9. The van der Waals surface area contributed by atoms with Gasteiger partial charge in [-0.15, -0.1) is 0 Å². The van der Waals surface area contributed by atoms with E-state index in [0.717, 1.165) is 47.0 Å². The van der Waals surface area contributed by atoms with Gasteiger partial charge in [-0.25, -0.2) is 0 Å². The molecule has 46 heavy (non-hydrogen) atoms. The van der Waals surface area contributed by atoms with Crippen molar-refractivity contribution in [2.75, 3.05) is 9.80 Å². The molecule has 0 spiro atoms. The molecule has 0 aromatic heterocycles. The van der Waals surface area contributed by atoms with E-state index < -0.39 is 0 Å². The van der Waals surface area contributed by atoms with Gasteiger partial charge < -0.3 is 9.80 Å². The molecular weight excluding hydrogens is 560 g/mol. The van der Waals surface area contributed by atoms with Gasteiger partial charge in [0.15, 0.2) is 0 Å². The summed E-state index contributed by atoms with van der Waals surface area (Å²) in [6.07, 6.45) is 14.9. The molecule has 0 aliphatic heterocycles. The van der Waals surface area contributed by atoms with E-state index in [1.807, 2.05) is 60.7 Å². The van der Waals surface area contributed by atoms with E-state index in [9.17, 15) is 10.5 Å². The predicted molar refractivity (Wildman–Crippen MR) is 188 cm³/mol. The van der Waals surface area contributed by atoms with Crippen molar-refractivity contribution in [3.8, 4) is 12.1 Å². The highest BCUT2D eigenvalue weighted by Gasteiger charge is 2.24. The number of fused-ring (bicyclic) bond motifs is 1. The third-order valence-electron chi connectivity index (χ3n) is 8.38. The molecule has 4 nitrogen and oxygen atoms in total. The number of para-hydroxylation sites is 2. The van der Waals surface area contributed by atoms with E-state index in [2.05, 4.69) is 119 Å². The quantitative estimate of drug-likeness (QED) is 0.197. The molecule has 2 aliphatic carbocycles. The van der Waals surface area contributed by atoms with E-state index >= 15 is 0 Å². The zero-order valence-corrected chi connectivity index (χ0v) is 25.2. The molecule has 0 unspecified atom stereocenters. The van der Waals surface area contributed by atoms with E-state index in [1.54, 1.807) is 0 Å². The molecular formula is C42H30N4. The maximum absolute atomic E-state index is 9.45. The Morgan fingerprint density at radius 3 is 1.65 bits per heavy atom. The summed E-state index contributed by atoms with van der Waals surface area (Å²) in [7, 11) is 0. The minimum atomic E-state index is 0.633. The number of anilines is 5. The number of rotatable bonds is 6. The van der Waals surface area contributed by atoms with Gasteiger partial charge in [-0.3, -0.25) is 0 Å². The fourth-order valence-corrected chi connectivity index (χ4v) is 6.17. The summed E-state index contributed by atoms with van der Waals surface area (Å²) in [6.45, 7) is 0. The lowest BCUT2D eigenvalue weighted by molar-refractivity contribution is 1.08. The summed E-state index contributed by atoms with van der Waals surface area (Å²) in [5.74, 6) is 0. The standard InChI is InChI=1S/C42H30N4/c43-29-31-16-23-37(24-17-31)45(35-10-4-1-5-11-35)41-15-9-3-8-14-39-40-28-34(41)21-20-33(40)22-27-42(39)46(36-12-6-2-7-13-36)38-25-18-32(30-44)19-26-38/h1-2,4-27H,3,28H2/b14-8-,15-9?,41-34?. The normalized spacial score (nSPS) is 13.8. The number of benzene rings is 5. The van der Waals surface area contributed by atoms with Crippen molar-refractivity contribution < 1.29 is 0 Å². The zero-order chi connectivity index (χ0) is 31.3. The average molecular weight is 591 g/mol. The summed E-state index contributed by atoms with van der Waals surface area (Å²) >= 11 is 0. The Labute approximate surface area is 270 Å². The number of hydrogen-bond donors (Lipinski definition) is 0. The van der Waals surface area contributed by atoms with Crippen LogP contribution in [0.4, 0.5) is 28.4 Å². The first-order valence-electron chi connectivity index (χ1n) is 15.3. The predicted octanol–water partition coefficient (Wildman–Crippen LogP) is 10.5. The van der Waals surface area contributed by atoms with E-state index in [4.69, 9.17) is 0 Å². The highest BCUT2D eigenvalue weighted by molar-refractivity contribution is 5.87. The topological polar surface area (TPSA) is 54.1 Å². The zero-order valence-electron chi connectivity index (χ0n) is 25.2. The third kappa shape index (κ3) is 5.52. The summed E-state index contributed by atoms with van der Waals surface area (Å²) in [4.78, 5) is 4.56. The second-order valence-corrected chi connectivity index (χ2v) is 11.2. The van der Waals surface area contributed by atoms with Crippen molar-refractivity contribution in [1.29, 1.82) is 10.5 Å². The molecule has 2 bridgehead atoms. The Balaban J connectivity index is 1.41. The second-order valence-electron chi connectivity index (χ2n) is 11.2. The largest absolute Gasteiger partial charge is 0.310 e. The summed E-state index contributed by atoms with van der Waals surface area (Å²) < 4.78 is 0. The summed E-state index contributed by atoms with van der Waals surface area (Å²) in [5.41, 5.74) is 12.4. The maximum Gasteiger partial charge on any atom is 0.0991 e. The van der Waals surface area contributed by atoms with Crippen LogP contribution < -0.4 is 9.80 Å². The van der Waals surface area contributed by atoms with Crippen LogP contribution >= 0.6 is 0 Å². The lowest BCUT2D eigenvalue weighted by Crippen LogP contribution is -2.19. The number of nitrogens with zero attached hydrogens (tertiary/aromatic N) is 4. The molecule has 4 heteroatoms. The van der Waals surface area contributed by atoms with Gasteiger partial charge >= 0.3 is 0 Å². The van der Waals surface area contributed by atoms with E-state index in [0.29, 0.717) is 11.1 Å². The van der Waals surface area contributed by atoms with E-state index in [-0.39, 0.29) is 0 Å². The van der Waals surface area contributed by atoms with Crippen LogP contribution in [0.1, 0.15) is 34.2 Å². The van der Waals surface area contributed by atoms with Gasteiger partial charge in [-0.2, -0.15) is 10.5 Å².